The second-order valence-electron chi connectivity index (χ2n) is 7.80. The van der Waals surface area contributed by atoms with Crippen LogP contribution in [-0.2, 0) is 7.05 Å². The van der Waals surface area contributed by atoms with Gasteiger partial charge in [-0.3, -0.25) is 9.59 Å². The summed E-state index contributed by atoms with van der Waals surface area (Å²) in [5.41, 5.74) is 5.14. The lowest BCUT2D eigenvalue weighted by molar-refractivity contribution is 0.103. The summed E-state index contributed by atoms with van der Waals surface area (Å²) < 4.78 is 2.05. The van der Waals surface area contributed by atoms with Crippen molar-refractivity contribution in [3.05, 3.63) is 131 Å². The fourth-order valence-electron chi connectivity index (χ4n) is 4.14. The lowest BCUT2D eigenvalue weighted by Crippen LogP contribution is -2.07. The first kappa shape index (κ1) is 19.7. The Morgan fingerprint density at radius 2 is 1.12 bits per heavy atom. The van der Waals surface area contributed by atoms with Crippen LogP contribution < -0.4 is 0 Å². The number of aromatic nitrogens is 1. The van der Waals surface area contributed by atoms with Gasteiger partial charge in [0, 0.05) is 45.9 Å². The number of rotatable bonds is 5. The highest BCUT2D eigenvalue weighted by atomic mass is 16.1. The van der Waals surface area contributed by atoms with Crippen LogP contribution in [0.2, 0.25) is 0 Å². The Hall–Kier alpha value is -4.24. The molecule has 0 aliphatic rings. The number of carbonyl (C=O) groups excluding carboxylic acids is 2. The van der Waals surface area contributed by atoms with Crippen LogP contribution in [0.5, 0.6) is 0 Å². The summed E-state index contributed by atoms with van der Waals surface area (Å²) in [5.74, 6) is -0.194. The molecule has 0 bridgehead atoms. The summed E-state index contributed by atoms with van der Waals surface area (Å²) in [6.07, 6.45) is 0. The van der Waals surface area contributed by atoms with Crippen LogP contribution in [0.4, 0.5) is 0 Å². The van der Waals surface area contributed by atoms with E-state index in [0.717, 1.165) is 22.2 Å². The Bertz CT molecular complexity index is 1430. The monoisotopic (exact) mass is 415 g/mol. The third-order valence-electron chi connectivity index (χ3n) is 5.81. The van der Waals surface area contributed by atoms with E-state index < -0.39 is 0 Å². The predicted octanol–water partition coefficient (Wildman–Crippen LogP) is 6.31. The molecule has 3 heteroatoms. The number of fused-ring (bicyclic) bond motifs is 1. The molecule has 4 aromatic carbocycles. The SMILES string of the molecule is Cn1c(-c2ccccc2)cc2c(C(=O)c3ccccc3)cc(C(=O)c3ccccc3)cc21. The highest BCUT2D eigenvalue weighted by molar-refractivity contribution is 6.20. The molecule has 0 saturated heterocycles. The minimum atomic E-state index is -0.0999. The number of ketones is 2. The third-order valence-corrected chi connectivity index (χ3v) is 5.81. The molecule has 0 aliphatic heterocycles. The van der Waals surface area contributed by atoms with Crippen LogP contribution in [0.1, 0.15) is 31.8 Å². The molecule has 0 N–H and O–H groups in total. The van der Waals surface area contributed by atoms with Gasteiger partial charge in [-0.1, -0.05) is 91.0 Å². The molecule has 5 rings (SSSR count). The Morgan fingerprint density at radius 1 is 0.594 bits per heavy atom. The van der Waals surface area contributed by atoms with Crippen molar-refractivity contribution in [3.8, 4) is 11.3 Å². The third kappa shape index (κ3) is 3.44. The fourth-order valence-corrected chi connectivity index (χ4v) is 4.14. The average Bonchev–Trinajstić information content (AvgIpc) is 3.20. The van der Waals surface area contributed by atoms with Gasteiger partial charge >= 0.3 is 0 Å². The van der Waals surface area contributed by atoms with Gasteiger partial charge in [-0.15, -0.1) is 0 Å². The molecule has 1 heterocycles. The minimum Gasteiger partial charge on any atom is -0.344 e. The van der Waals surface area contributed by atoms with E-state index in [-0.39, 0.29) is 11.6 Å². The van der Waals surface area contributed by atoms with Gasteiger partial charge in [-0.2, -0.15) is 0 Å². The Morgan fingerprint density at radius 3 is 1.72 bits per heavy atom. The van der Waals surface area contributed by atoms with E-state index in [1.807, 2.05) is 90.5 Å². The van der Waals surface area contributed by atoms with Gasteiger partial charge in [0.25, 0.3) is 0 Å². The van der Waals surface area contributed by atoms with E-state index in [1.54, 1.807) is 30.3 Å². The lowest BCUT2D eigenvalue weighted by Gasteiger charge is -2.09. The molecule has 154 valence electrons. The first-order chi connectivity index (χ1) is 15.6. The molecule has 5 aromatic rings. The van der Waals surface area contributed by atoms with Crippen molar-refractivity contribution < 1.29 is 9.59 Å². The van der Waals surface area contributed by atoms with Gasteiger partial charge in [0.15, 0.2) is 11.6 Å². The maximum Gasteiger partial charge on any atom is 0.193 e. The van der Waals surface area contributed by atoms with Crippen molar-refractivity contribution in [1.82, 2.24) is 4.57 Å². The highest BCUT2D eigenvalue weighted by Crippen LogP contribution is 2.32. The molecule has 0 unspecified atom stereocenters. The van der Waals surface area contributed by atoms with Crippen molar-refractivity contribution in [2.24, 2.45) is 7.05 Å². The molecule has 0 aliphatic carbocycles. The molecule has 0 fully saturated rings. The van der Waals surface area contributed by atoms with Gasteiger partial charge in [0.2, 0.25) is 0 Å². The van der Waals surface area contributed by atoms with Gasteiger partial charge in [-0.25, -0.2) is 0 Å². The summed E-state index contributed by atoms with van der Waals surface area (Å²) in [7, 11) is 1.97. The van der Waals surface area contributed by atoms with Crippen molar-refractivity contribution in [2.75, 3.05) is 0 Å². The van der Waals surface area contributed by atoms with Gasteiger partial charge < -0.3 is 4.57 Å². The smallest absolute Gasteiger partial charge is 0.193 e. The van der Waals surface area contributed by atoms with Crippen LogP contribution >= 0.6 is 0 Å². The zero-order valence-electron chi connectivity index (χ0n) is 17.7. The Labute approximate surface area is 186 Å². The molecular weight excluding hydrogens is 394 g/mol. The van der Waals surface area contributed by atoms with E-state index in [1.165, 1.54) is 0 Å². The average molecular weight is 415 g/mol. The zero-order valence-corrected chi connectivity index (χ0v) is 17.7. The molecule has 0 spiro atoms. The number of hydrogen-bond acceptors (Lipinski definition) is 2. The van der Waals surface area contributed by atoms with Gasteiger partial charge in [0.1, 0.15) is 0 Å². The number of hydrogen-bond donors (Lipinski definition) is 0. The quantitative estimate of drug-likeness (QED) is 0.316. The number of carbonyl (C=O) groups is 2. The van der Waals surface area contributed by atoms with E-state index in [2.05, 4.69) is 0 Å². The Balaban J connectivity index is 1.75. The summed E-state index contributed by atoms with van der Waals surface area (Å²) in [4.78, 5) is 26.8. The van der Waals surface area contributed by atoms with E-state index in [4.69, 9.17) is 0 Å². The first-order valence-corrected chi connectivity index (χ1v) is 10.5. The maximum absolute atomic E-state index is 13.5. The second-order valence-corrected chi connectivity index (χ2v) is 7.80. The summed E-state index contributed by atoms with van der Waals surface area (Å²) in [6.45, 7) is 0. The molecule has 1 aromatic heterocycles. The molecule has 0 radical (unpaired) electrons. The number of benzene rings is 4. The molecule has 32 heavy (non-hydrogen) atoms. The molecule has 0 saturated carbocycles. The van der Waals surface area contributed by atoms with Crippen molar-refractivity contribution >= 4 is 22.5 Å². The number of aryl methyl sites for hydroxylation is 1. The van der Waals surface area contributed by atoms with Gasteiger partial charge in [0.05, 0.1) is 0 Å². The first-order valence-electron chi connectivity index (χ1n) is 10.5. The van der Waals surface area contributed by atoms with Gasteiger partial charge in [-0.05, 0) is 23.8 Å². The van der Waals surface area contributed by atoms with E-state index >= 15 is 0 Å². The second kappa shape index (κ2) is 8.12. The van der Waals surface area contributed by atoms with Crippen LogP contribution in [0.3, 0.4) is 0 Å². The molecule has 3 nitrogen and oxygen atoms in total. The van der Waals surface area contributed by atoms with Crippen molar-refractivity contribution in [2.45, 2.75) is 0 Å². The molecular formula is C29H21NO2. The number of nitrogens with zero attached hydrogens (tertiary/aromatic N) is 1. The molecule has 0 amide bonds. The van der Waals surface area contributed by atoms with Crippen LogP contribution in [-0.4, -0.2) is 16.1 Å². The van der Waals surface area contributed by atoms with Crippen LogP contribution in [0.15, 0.2) is 109 Å². The predicted molar refractivity (Wildman–Crippen MR) is 128 cm³/mol. The maximum atomic E-state index is 13.5. The summed E-state index contributed by atoms with van der Waals surface area (Å²) in [5, 5.41) is 0.838. The minimum absolute atomic E-state index is 0.0940. The van der Waals surface area contributed by atoms with Crippen LogP contribution in [0, 0.1) is 0 Å². The van der Waals surface area contributed by atoms with E-state index in [0.29, 0.717) is 22.3 Å². The zero-order chi connectivity index (χ0) is 22.1. The van der Waals surface area contributed by atoms with Crippen LogP contribution in [0.25, 0.3) is 22.2 Å². The normalized spacial score (nSPS) is 10.9. The fraction of sp³-hybridized carbons (Fsp3) is 0.0345. The molecule has 0 atom stereocenters. The topological polar surface area (TPSA) is 39.1 Å². The lowest BCUT2D eigenvalue weighted by atomic mass is 9.94. The highest BCUT2D eigenvalue weighted by Gasteiger charge is 2.21. The van der Waals surface area contributed by atoms with E-state index in [9.17, 15) is 9.59 Å². The van der Waals surface area contributed by atoms with Crippen molar-refractivity contribution in [3.63, 3.8) is 0 Å². The van der Waals surface area contributed by atoms with Crippen molar-refractivity contribution in [1.29, 1.82) is 0 Å². The summed E-state index contributed by atoms with van der Waals surface area (Å²) in [6, 6.07) is 34.1. The standard InChI is InChI=1S/C29H21NO2/c1-30-26(20-11-5-2-6-12-20)19-24-25(29(32)22-15-9-4-10-16-22)17-23(18-27(24)30)28(31)21-13-7-3-8-14-21/h2-19H,1H3. The largest absolute Gasteiger partial charge is 0.344 e. The summed E-state index contributed by atoms with van der Waals surface area (Å²) >= 11 is 0. The Kier molecular flexibility index (Phi) is 5.00.